The molecular weight excluding hydrogens is 408 g/mol. The first-order valence-corrected chi connectivity index (χ1v) is 10.6. The highest BCUT2D eigenvalue weighted by molar-refractivity contribution is 5.86. The Bertz CT molecular complexity index is 543. The smallest absolute Gasteiger partial charge is 0.333 e. The second-order valence-corrected chi connectivity index (χ2v) is 7.45. The van der Waals surface area contributed by atoms with Crippen molar-refractivity contribution in [1.29, 1.82) is 0 Å². The maximum absolute atomic E-state index is 11.8. The molecule has 0 aromatic carbocycles. The highest BCUT2D eigenvalue weighted by Gasteiger charge is 2.26. The van der Waals surface area contributed by atoms with Crippen molar-refractivity contribution >= 4 is 17.9 Å². The molecule has 31 heavy (non-hydrogen) atoms. The summed E-state index contributed by atoms with van der Waals surface area (Å²) in [6, 6.07) is 0. The molecule has 0 aromatic heterocycles. The predicted octanol–water partition coefficient (Wildman–Crippen LogP) is 2.46. The van der Waals surface area contributed by atoms with Crippen molar-refractivity contribution in [1.82, 2.24) is 0 Å². The van der Waals surface area contributed by atoms with Crippen molar-refractivity contribution in [2.24, 2.45) is 5.41 Å². The molecule has 9 nitrogen and oxygen atoms in total. The van der Waals surface area contributed by atoms with E-state index in [1.807, 2.05) is 20.8 Å². The van der Waals surface area contributed by atoms with Gasteiger partial charge in [-0.25, -0.2) is 4.79 Å². The van der Waals surface area contributed by atoms with E-state index in [2.05, 4.69) is 6.58 Å². The summed E-state index contributed by atoms with van der Waals surface area (Å²) in [5.41, 5.74) is -0.145. The van der Waals surface area contributed by atoms with Crippen molar-refractivity contribution < 1.29 is 42.8 Å². The lowest BCUT2D eigenvalue weighted by Crippen LogP contribution is -2.27. The van der Waals surface area contributed by atoms with Gasteiger partial charge < -0.3 is 28.4 Å². The van der Waals surface area contributed by atoms with Gasteiger partial charge in [-0.15, -0.1) is 0 Å². The zero-order chi connectivity index (χ0) is 23.5. The molecule has 0 saturated heterocycles. The van der Waals surface area contributed by atoms with Gasteiger partial charge in [-0.2, -0.15) is 0 Å². The summed E-state index contributed by atoms with van der Waals surface area (Å²) in [5, 5.41) is 0. The maximum atomic E-state index is 11.8. The normalized spacial score (nSPS) is 11.1. The van der Waals surface area contributed by atoms with Crippen LogP contribution in [-0.2, 0) is 42.8 Å². The minimum atomic E-state index is -0.470. The van der Waals surface area contributed by atoms with E-state index in [-0.39, 0.29) is 44.8 Å². The standard InChI is InChI=1S/C22H38O9/c1-6-22(4,5)21(25)31-17-15-28-13-11-26-10-12-27-14-16-29-19(23)8-7-9-30-20(24)18(2)3/h2,6-17H2,1,3-5H3. The number of hydrogen-bond acceptors (Lipinski definition) is 9. The first-order valence-electron chi connectivity index (χ1n) is 10.6. The summed E-state index contributed by atoms with van der Waals surface area (Å²) >= 11 is 0. The number of rotatable bonds is 19. The van der Waals surface area contributed by atoms with Gasteiger partial charge in [0.15, 0.2) is 0 Å². The third-order valence-electron chi connectivity index (χ3n) is 4.24. The van der Waals surface area contributed by atoms with E-state index in [1.165, 1.54) is 0 Å². The summed E-state index contributed by atoms with van der Waals surface area (Å²) in [5.74, 6) is -1.05. The van der Waals surface area contributed by atoms with E-state index in [1.54, 1.807) is 6.92 Å². The highest BCUT2D eigenvalue weighted by atomic mass is 16.6. The number of esters is 3. The lowest BCUT2D eigenvalue weighted by atomic mass is 9.91. The van der Waals surface area contributed by atoms with Gasteiger partial charge >= 0.3 is 17.9 Å². The Morgan fingerprint density at radius 3 is 1.71 bits per heavy atom. The number of carbonyl (C=O) groups excluding carboxylic acids is 3. The topological polar surface area (TPSA) is 107 Å². The molecule has 0 radical (unpaired) electrons. The van der Waals surface area contributed by atoms with Gasteiger partial charge in [-0.1, -0.05) is 13.5 Å². The molecule has 0 aliphatic rings. The first kappa shape index (κ1) is 29.0. The largest absolute Gasteiger partial charge is 0.463 e. The Morgan fingerprint density at radius 2 is 1.23 bits per heavy atom. The van der Waals surface area contributed by atoms with Crippen LogP contribution in [0.1, 0.15) is 47.0 Å². The zero-order valence-electron chi connectivity index (χ0n) is 19.4. The van der Waals surface area contributed by atoms with Crippen molar-refractivity contribution in [3.63, 3.8) is 0 Å². The average Bonchev–Trinajstić information content (AvgIpc) is 2.73. The van der Waals surface area contributed by atoms with Gasteiger partial charge in [-0.3, -0.25) is 9.59 Å². The minimum absolute atomic E-state index is 0.153. The van der Waals surface area contributed by atoms with Crippen molar-refractivity contribution in [2.75, 3.05) is 59.5 Å². The van der Waals surface area contributed by atoms with E-state index in [9.17, 15) is 14.4 Å². The van der Waals surface area contributed by atoms with Crippen molar-refractivity contribution in [2.45, 2.75) is 47.0 Å². The van der Waals surface area contributed by atoms with E-state index in [0.717, 1.165) is 6.42 Å². The van der Waals surface area contributed by atoms with Gasteiger partial charge in [0, 0.05) is 12.0 Å². The first-order chi connectivity index (χ1) is 14.7. The SMILES string of the molecule is C=C(C)C(=O)OCCCC(=O)OCCOCCOCCOCCOC(=O)C(C)(C)CC. The average molecular weight is 447 g/mol. The Hall–Kier alpha value is -1.97. The van der Waals surface area contributed by atoms with E-state index < -0.39 is 11.4 Å². The van der Waals surface area contributed by atoms with Crippen molar-refractivity contribution in [3.05, 3.63) is 12.2 Å². The van der Waals surface area contributed by atoms with Gasteiger partial charge in [-0.05, 0) is 33.6 Å². The van der Waals surface area contributed by atoms with Crippen LogP contribution in [-0.4, -0.2) is 77.4 Å². The van der Waals surface area contributed by atoms with E-state index in [0.29, 0.717) is 45.0 Å². The van der Waals surface area contributed by atoms with Crippen LogP contribution in [0.4, 0.5) is 0 Å². The molecule has 0 saturated carbocycles. The van der Waals surface area contributed by atoms with Crippen LogP contribution in [0.5, 0.6) is 0 Å². The maximum Gasteiger partial charge on any atom is 0.333 e. The third kappa shape index (κ3) is 16.4. The second kappa shape index (κ2) is 17.7. The van der Waals surface area contributed by atoms with Crippen LogP contribution in [0.2, 0.25) is 0 Å². The lowest BCUT2D eigenvalue weighted by Gasteiger charge is -2.20. The minimum Gasteiger partial charge on any atom is -0.463 e. The van der Waals surface area contributed by atoms with E-state index in [4.69, 9.17) is 28.4 Å². The molecule has 0 N–H and O–H groups in total. The molecule has 0 aliphatic heterocycles. The summed E-state index contributed by atoms with van der Waals surface area (Å²) in [4.78, 5) is 34.4. The fraction of sp³-hybridized carbons (Fsp3) is 0.773. The van der Waals surface area contributed by atoms with Crippen LogP contribution in [0.15, 0.2) is 12.2 Å². The molecule has 0 amide bonds. The van der Waals surface area contributed by atoms with Crippen LogP contribution in [0.25, 0.3) is 0 Å². The summed E-state index contributed by atoms with van der Waals surface area (Å²) in [6.45, 7) is 13.4. The van der Waals surface area contributed by atoms with Gasteiger partial charge in [0.05, 0.1) is 51.7 Å². The van der Waals surface area contributed by atoms with Crippen LogP contribution in [0, 0.1) is 5.41 Å². The van der Waals surface area contributed by atoms with Crippen LogP contribution in [0.3, 0.4) is 0 Å². The van der Waals surface area contributed by atoms with E-state index >= 15 is 0 Å². The lowest BCUT2D eigenvalue weighted by molar-refractivity contribution is -0.155. The molecule has 0 atom stereocenters. The number of hydrogen-bond donors (Lipinski definition) is 0. The molecule has 0 aliphatic carbocycles. The van der Waals surface area contributed by atoms with Crippen molar-refractivity contribution in [3.8, 4) is 0 Å². The molecule has 0 aromatic rings. The molecule has 0 bridgehead atoms. The van der Waals surface area contributed by atoms with Crippen LogP contribution < -0.4 is 0 Å². The second-order valence-electron chi connectivity index (χ2n) is 7.45. The number of ether oxygens (including phenoxy) is 6. The highest BCUT2D eigenvalue weighted by Crippen LogP contribution is 2.21. The molecule has 0 unspecified atom stereocenters. The summed E-state index contributed by atoms with van der Waals surface area (Å²) in [6.07, 6.45) is 1.29. The summed E-state index contributed by atoms with van der Waals surface area (Å²) in [7, 11) is 0. The zero-order valence-corrected chi connectivity index (χ0v) is 19.4. The third-order valence-corrected chi connectivity index (χ3v) is 4.24. The molecule has 0 fully saturated rings. The molecule has 9 heteroatoms. The Kier molecular flexibility index (Phi) is 16.6. The summed E-state index contributed by atoms with van der Waals surface area (Å²) < 4.78 is 31.0. The fourth-order valence-electron chi connectivity index (χ4n) is 1.87. The van der Waals surface area contributed by atoms with Gasteiger partial charge in [0.2, 0.25) is 0 Å². The molecular formula is C22H38O9. The van der Waals surface area contributed by atoms with Gasteiger partial charge in [0.25, 0.3) is 0 Å². The monoisotopic (exact) mass is 446 g/mol. The van der Waals surface area contributed by atoms with Crippen LogP contribution >= 0.6 is 0 Å². The predicted molar refractivity (Wildman–Crippen MR) is 113 cm³/mol. The Balaban J connectivity index is 3.36. The van der Waals surface area contributed by atoms with Gasteiger partial charge in [0.1, 0.15) is 13.2 Å². The Morgan fingerprint density at radius 1 is 0.742 bits per heavy atom. The quantitative estimate of drug-likeness (QED) is 0.128. The number of carbonyl (C=O) groups is 3. The fourth-order valence-corrected chi connectivity index (χ4v) is 1.87. The molecule has 180 valence electrons. The molecule has 0 spiro atoms. The molecule has 0 rings (SSSR count). The Labute approximate surface area is 185 Å². The molecule has 0 heterocycles.